The van der Waals surface area contributed by atoms with E-state index in [4.69, 9.17) is 4.74 Å². The van der Waals surface area contributed by atoms with Crippen LogP contribution in [0.5, 0.6) is 0 Å². The van der Waals surface area contributed by atoms with Crippen LogP contribution in [0, 0.1) is 6.92 Å². The summed E-state index contributed by atoms with van der Waals surface area (Å²) in [5.74, 6) is 1.73. The maximum Gasteiger partial charge on any atom is 0.224 e. The van der Waals surface area contributed by atoms with Crippen LogP contribution in [0.25, 0.3) is 0 Å². The van der Waals surface area contributed by atoms with Gasteiger partial charge in [-0.15, -0.1) is 0 Å². The van der Waals surface area contributed by atoms with E-state index in [0.29, 0.717) is 18.1 Å². The van der Waals surface area contributed by atoms with E-state index < -0.39 is 0 Å². The third-order valence-corrected chi connectivity index (χ3v) is 3.84. The number of hydrogen-bond donors (Lipinski definition) is 1. The lowest BCUT2D eigenvalue weighted by molar-refractivity contribution is 0.0253. The van der Waals surface area contributed by atoms with Gasteiger partial charge in [0.2, 0.25) is 5.95 Å². The first-order chi connectivity index (χ1) is 8.78. The number of anilines is 2. The fourth-order valence-electron chi connectivity index (χ4n) is 3.02. The van der Waals surface area contributed by atoms with Crippen molar-refractivity contribution >= 4 is 11.8 Å². The Morgan fingerprint density at radius 1 is 1.39 bits per heavy atom. The predicted octanol–water partition coefficient (Wildman–Crippen LogP) is 1.58. The monoisotopic (exact) mass is 248 g/mol. The molecule has 2 fully saturated rings. The van der Waals surface area contributed by atoms with Gasteiger partial charge in [-0.2, -0.15) is 4.98 Å². The van der Waals surface area contributed by atoms with Crippen LogP contribution in [-0.4, -0.2) is 42.3 Å². The molecule has 2 atom stereocenters. The molecular weight excluding hydrogens is 228 g/mol. The van der Waals surface area contributed by atoms with Gasteiger partial charge in [-0.1, -0.05) is 0 Å². The number of nitrogens with zero attached hydrogens (tertiary/aromatic N) is 3. The van der Waals surface area contributed by atoms with Crippen LogP contribution in [0.4, 0.5) is 11.8 Å². The zero-order valence-corrected chi connectivity index (χ0v) is 11.0. The van der Waals surface area contributed by atoms with E-state index in [2.05, 4.69) is 26.3 Å². The van der Waals surface area contributed by atoms with E-state index in [1.807, 2.05) is 14.0 Å². The standard InChI is InChI=1S/C13H20N4O/c1-9-8-12(16-13(14-2)15-9)17-6-7-18-11-5-3-4-10(11)17/h8,10-11H,3-7H2,1-2H3,(H,14,15,16). The zero-order valence-electron chi connectivity index (χ0n) is 11.0. The summed E-state index contributed by atoms with van der Waals surface area (Å²) < 4.78 is 5.84. The molecule has 0 radical (unpaired) electrons. The summed E-state index contributed by atoms with van der Waals surface area (Å²) in [5, 5.41) is 3.03. The molecule has 1 saturated heterocycles. The quantitative estimate of drug-likeness (QED) is 0.861. The molecule has 98 valence electrons. The average Bonchev–Trinajstić information content (AvgIpc) is 2.85. The summed E-state index contributed by atoms with van der Waals surface area (Å²) >= 11 is 0. The third kappa shape index (κ3) is 2.03. The predicted molar refractivity (Wildman–Crippen MR) is 71.0 cm³/mol. The molecule has 2 aliphatic rings. The Morgan fingerprint density at radius 3 is 3.11 bits per heavy atom. The maximum atomic E-state index is 5.84. The summed E-state index contributed by atoms with van der Waals surface area (Å²) in [6, 6.07) is 2.57. The van der Waals surface area contributed by atoms with E-state index in [1.54, 1.807) is 0 Å². The van der Waals surface area contributed by atoms with Crippen molar-refractivity contribution in [3.05, 3.63) is 11.8 Å². The van der Waals surface area contributed by atoms with E-state index in [1.165, 1.54) is 19.3 Å². The number of rotatable bonds is 2. The number of aryl methyl sites for hydroxylation is 1. The van der Waals surface area contributed by atoms with Gasteiger partial charge in [-0.25, -0.2) is 4.98 Å². The minimum Gasteiger partial charge on any atom is -0.374 e. The SMILES string of the molecule is CNc1nc(C)cc(N2CCOC3CCCC32)n1. The molecule has 5 heteroatoms. The molecule has 5 nitrogen and oxygen atoms in total. The van der Waals surface area contributed by atoms with Crippen molar-refractivity contribution in [3.8, 4) is 0 Å². The summed E-state index contributed by atoms with van der Waals surface area (Å²) in [5.41, 5.74) is 1.00. The average molecular weight is 248 g/mol. The second-order valence-electron chi connectivity index (χ2n) is 5.04. The maximum absolute atomic E-state index is 5.84. The van der Waals surface area contributed by atoms with Gasteiger partial charge in [-0.3, -0.25) is 0 Å². The van der Waals surface area contributed by atoms with Crippen LogP contribution in [0.15, 0.2) is 6.07 Å². The van der Waals surface area contributed by atoms with Crippen molar-refractivity contribution in [2.75, 3.05) is 30.4 Å². The van der Waals surface area contributed by atoms with Crippen LogP contribution < -0.4 is 10.2 Å². The number of nitrogens with one attached hydrogen (secondary N) is 1. The number of fused-ring (bicyclic) bond motifs is 1. The minimum absolute atomic E-state index is 0.395. The van der Waals surface area contributed by atoms with Crippen molar-refractivity contribution in [2.24, 2.45) is 0 Å². The molecule has 0 bridgehead atoms. The fourth-order valence-corrected chi connectivity index (χ4v) is 3.02. The minimum atomic E-state index is 0.395. The smallest absolute Gasteiger partial charge is 0.224 e. The van der Waals surface area contributed by atoms with Gasteiger partial charge < -0.3 is 15.0 Å². The summed E-state index contributed by atoms with van der Waals surface area (Å²) in [6.07, 6.45) is 4.05. The number of ether oxygens (including phenoxy) is 1. The highest BCUT2D eigenvalue weighted by Gasteiger charge is 2.36. The first-order valence-electron chi connectivity index (χ1n) is 6.69. The van der Waals surface area contributed by atoms with Crippen LogP contribution in [0.1, 0.15) is 25.0 Å². The van der Waals surface area contributed by atoms with Crippen LogP contribution in [-0.2, 0) is 4.74 Å². The third-order valence-electron chi connectivity index (χ3n) is 3.84. The molecule has 1 aromatic heterocycles. The summed E-state index contributed by atoms with van der Waals surface area (Å²) in [4.78, 5) is 11.3. The van der Waals surface area contributed by atoms with Crippen LogP contribution >= 0.6 is 0 Å². The molecule has 0 aromatic carbocycles. The largest absolute Gasteiger partial charge is 0.374 e. The molecule has 1 N–H and O–H groups in total. The Bertz CT molecular complexity index is 437. The molecule has 1 aliphatic carbocycles. The van der Waals surface area contributed by atoms with Gasteiger partial charge in [0.25, 0.3) is 0 Å². The molecule has 1 aromatic rings. The number of aromatic nitrogens is 2. The normalized spacial score (nSPS) is 27.1. The Morgan fingerprint density at radius 2 is 2.28 bits per heavy atom. The van der Waals surface area contributed by atoms with Crippen molar-refractivity contribution in [1.29, 1.82) is 0 Å². The van der Waals surface area contributed by atoms with Crippen LogP contribution in [0.2, 0.25) is 0 Å². The van der Waals surface area contributed by atoms with Crippen molar-refractivity contribution in [2.45, 2.75) is 38.3 Å². The Balaban J connectivity index is 1.90. The fraction of sp³-hybridized carbons (Fsp3) is 0.692. The number of hydrogen-bond acceptors (Lipinski definition) is 5. The Labute approximate surface area is 108 Å². The Hall–Kier alpha value is -1.36. The van der Waals surface area contributed by atoms with Gasteiger partial charge in [-0.05, 0) is 26.2 Å². The van der Waals surface area contributed by atoms with Gasteiger partial charge in [0.05, 0.1) is 18.8 Å². The first kappa shape index (κ1) is 11.7. The molecule has 3 rings (SSSR count). The van der Waals surface area contributed by atoms with Crippen molar-refractivity contribution in [1.82, 2.24) is 9.97 Å². The number of morpholine rings is 1. The summed E-state index contributed by atoms with van der Waals surface area (Å²) in [6.45, 7) is 3.75. The first-order valence-corrected chi connectivity index (χ1v) is 6.69. The molecule has 2 unspecified atom stereocenters. The Kier molecular flexibility index (Phi) is 3.07. The van der Waals surface area contributed by atoms with Gasteiger partial charge >= 0.3 is 0 Å². The molecule has 0 spiro atoms. The highest BCUT2D eigenvalue weighted by atomic mass is 16.5. The lowest BCUT2D eigenvalue weighted by atomic mass is 10.1. The molecule has 1 saturated carbocycles. The zero-order chi connectivity index (χ0) is 12.5. The molecule has 1 aliphatic heterocycles. The molecular formula is C13H20N4O. The molecule has 0 amide bonds. The van der Waals surface area contributed by atoms with E-state index >= 15 is 0 Å². The van der Waals surface area contributed by atoms with E-state index in [-0.39, 0.29) is 0 Å². The molecule has 2 heterocycles. The molecule has 18 heavy (non-hydrogen) atoms. The second-order valence-corrected chi connectivity index (χ2v) is 5.04. The lowest BCUT2D eigenvalue weighted by Gasteiger charge is -2.38. The van der Waals surface area contributed by atoms with Crippen molar-refractivity contribution in [3.63, 3.8) is 0 Å². The van der Waals surface area contributed by atoms with Gasteiger partial charge in [0.15, 0.2) is 0 Å². The van der Waals surface area contributed by atoms with E-state index in [9.17, 15) is 0 Å². The highest BCUT2D eigenvalue weighted by Crippen LogP contribution is 2.32. The lowest BCUT2D eigenvalue weighted by Crippen LogP contribution is -2.49. The van der Waals surface area contributed by atoms with Gasteiger partial charge in [0, 0.05) is 25.4 Å². The highest BCUT2D eigenvalue weighted by molar-refractivity contribution is 5.46. The van der Waals surface area contributed by atoms with E-state index in [0.717, 1.165) is 24.7 Å². The van der Waals surface area contributed by atoms with Crippen molar-refractivity contribution < 1.29 is 4.74 Å². The summed E-state index contributed by atoms with van der Waals surface area (Å²) in [7, 11) is 1.86. The van der Waals surface area contributed by atoms with Crippen LogP contribution in [0.3, 0.4) is 0 Å². The van der Waals surface area contributed by atoms with Gasteiger partial charge in [0.1, 0.15) is 5.82 Å². The topological polar surface area (TPSA) is 50.3 Å². The second kappa shape index (κ2) is 4.72.